The summed E-state index contributed by atoms with van der Waals surface area (Å²) in [6, 6.07) is 7.57. The van der Waals surface area contributed by atoms with E-state index in [0.717, 1.165) is 38.2 Å². The SMILES string of the molecule is CCC(=O)O/N=C(\C)C(=O)c1cc([N+](=O)[O-])c2c(c1)c1cc(C(=O)/C(=N/OC(=O)CC)C3CCCCC3)ccc1n2C. The zero-order valence-electron chi connectivity index (χ0n) is 24.0. The Bertz CT molecular complexity index is 1660. The van der Waals surface area contributed by atoms with Crippen LogP contribution in [0.5, 0.6) is 0 Å². The quantitative estimate of drug-likeness (QED) is 0.0959. The topological polar surface area (TPSA) is 160 Å². The van der Waals surface area contributed by atoms with Gasteiger partial charge in [-0.1, -0.05) is 43.4 Å². The number of carbonyl (C=O) groups is 4. The van der Waals surface area contributed by atoms with Gasteiger partial charge in [0, 0.05) is 59.3 Å². The molecule has 0 spiro atoms. The summed E-state index contributed by atoms with van der Waals surface area (Å²) in [7, 11) is 1.66. The Labute approximate surface area is 241 Å². The van der Waals surface area contributed by atoms with Crippen molar-refractivity contribution in [3.63, 3.8) is 0 Å². The Kier molecular flexibility index (Phi) is 9.24. The molecular weight excluding hydrogens is 544 g/mol. The van der Waals surface area contributed by atoms with E-state index in [9.17, 15) is 29.3 Å². The van der Waals surface area contributed by atoms with E-state index < -0.39 is 28.4 Å². The first-order valence-electron chi connectivity index (χ1n) is 13.9. The van der Waals surface area contributed by atoms with Crippen molar-refractivity contribution in [3.05, 3.63) is 51.6 Å². The average molecular weight is 577 g/mol. The third-order valence-corrected chi connectivity index (χ3v) is 7.46. The number of aromatic nitrogens is 1. The summed E-state index contributed by atoms with van der Waals surface area (Å²) >= 11 is 0. The second-order valence-corrected chi connectivity index (χ2v) is 10.2. The van der Waals surface area contributed by atoms with Crippen LogP contribution in [-0.4, -0.2) is 44.4 Å². The van der Waals surface area contributed by atoms with E-state index in [0.29, 0.717) is 16.3 Å². The van der Waals surface area contributed by atoms with Gasteiger partial charge in [-0.3, -0.25) is 19.7 Å². The molecule has 1 aliphatic rings. The van der Waals surface area contributed by atoms with Crippen molar-refractivity contribution in [3.8, 4) is 0 Å². The number of benzene rings is 2. The third kappa shape index (κ3) is 6.12. The summed E-state index contributed by atoms with van der Waals surface area (Å²) in [4.78, 5) is 71.5. The van der Waals surface area contributed by atoms with Crippen molar-refractivity contribution in [1.29, 1.82) is 0 Å². The lowest BCUT2D eigenvalue weighted by atomic mass is 9.83. The first kappa shape index (κ1) is 30.2. The van der Waals surface area contributed by atoms with Gasteiger partial charge in [-0.2, -0.15) is 0 Å². The molecular formula is C30H32N4O8. The maximum absolute atomic E-state index is 13.8. The number of nitro benzene ring substituents is 1. The first-order valence-corrected chi connectivity index (χ1v) is 13.9. The number of fused-ring (bicyclic) bond motifs is 3. The molecule has 1 aromatic heterocycles. The molecule has 12 nitrogen and oxygen atoms in total. The molecule has 2 aromatic carbocycles. The third-order valence-electron chi connectivity index (χ3n) is 7.46. The molecule has 0 radical (unpaired) electrons. The molecule has 0 unspecified atom stereocenters. The highest BCUT2D eigenvalue weighted by Gasteiger charge is 2.29. The number of nitro groups is 1. The van der Waals surface area contributed by atoms with E-state index in [1.165, 1.54) is 13.0 Å². The second-order valence-electron chi connectivity index (χ2n) is 10.2. The van der Waals surface area contributed by atoms with Crippen LogP contribution in [0.4, 0.5) is 5.69 Å². The molecule has 0 N–H and O–H groups in total. The smallest absolute Gasteiger partial charge is 0.334 e. The molecule has 4 rings (SSSR count). The minimum absolute atomic E-state index is 0.0248. The molecule has 1 fully saturated rings. The van der Waals surface area contributed by atoms with Crippen molar-refractivity contribution < 1.29 is 33.8 Å². The molecule has 1 saturated carbocycles. The van der Waals surface area contributed by atoms with E-state index in [1.807, 2.05) is 0 Å². The van der Waals surface area contributed by atoms with Crippen molar-refractivity contribution in [2.45, 2.75) is 65.7 Å². The Morgan fingerprint density at radius 3 is 2.14 bits per heavy atom. The fraction of sp³-hybridized carbons (Fsp3) is 0.400. The van der Waals surface area contributed by atoms with Crippen LogP contribution in [0.1, 0.15) is 86.4 Å². The summed E-state index contributed by atoms with van der Waals surface area (Å²) in [5, 5.41) is 20.6. The number of oxime groups is 2. The van der Waals surface area contributed by atoms with Crippen LogP contribution in [0.15, 0.2) is 40.6 Å². The minimum Gasteiger partial charge on any atom is -0.338 e. The second kappa shape index (κ2) is 12.8. The van der Waals surface area contributed by atoms with Crippen LogP contribution in [-0.2, 0) is 26.3 Å². The fourth-order valence-electron chi connectivity index (χ4n) is 5.18. The maximum atomic E-state index is 13.8. The van der Waals surface area contributed by atoms with Crippen molar-refractivity contribution in [2.75, 3.05) is 0 Å². The Balaban J connectivity index is 1.85. The standard InChI is InChI=1S/C30H32N4O8/c1-5-25(35)41-31-17(3)29(37)20-15-22-21-14-19(12-13-23(21)33(4)28(22)24(16-20)34(39)40)30(38)27(32-42-26(36)6-2)18-10-8-7-9-11-18/h12-16,18H,5-11H2,1-4H3/b31-17+,32-27+. The number of aryl methyl sites for hydroxylation is 1. The Morgan fingerprint density at radius 2 is 1.52 bits per heavy atom. The number of Topliss-reactive ketones (excluding diaryl/α,β-unsaturated/α-hetero) is 2. The maximum Gasteiger partial charge on any atom is 0.334 e. The fourth-order valence-corrected chi connectivity index (χ4v) is 5.18. The lowest BCUT2D eigenvalue weighted by molar-refractivity contribution is -0.383. The molecule has 0 saturated heterocycles. The van der Waals surface area contributed by atoms with E-state index in [2.05, 4.69) is 10.3 Å². The van der Waals surface area contributed by atoms with Gasteiger partial charge in [0.2, 0.25) is 11.6 Å². The monoisotopic (exact) mass is 576 g/mol. The number of nitrogens with zero attached hydrogens (tertiary/aromatic N) is 4. The van der Waals surface area contributed by atoms with E-state index >= 15 is 0 Å². The lowest BCUT2D eigenvalue weighted by Gasteiger charge is -2.22. The van der Waals surface area contributed by atoms with Gasteiger partial charge in [0.05, 0.1) is 4.92 Å². The van der Waals surface area contributed by atoms with Gasteiger partial charge in [0.1, 0.15) is 16.9 Å². The van der Waals surface area contributed by atoms with Gasteiger partial charge in [-0.05, 0) is 44.0 Å². The summed E-state index contributed by atoms with van der Waals surface area (Å²) in [5.74, 6) is -2.39. The van der Waals surface area contributed by atoms with E-state index in [1.54, 1.807) is 43.7 Å². The van der Waals surface area contributed by atoms with Crippen LogP contribution >= 0.6 is 0 Å². The zero-order valence-corrected chi connectivity index (χ0v) is 24.0. The highest BCUT2D eigenvalue weighted by Crippen LogP contribution is 2.36. The van der Waals surface area contributed by atoms with Crippen LogP contribution in [0, 0.1) is 16.0 Å². The van der Waals surface area contributed by atoms with Gasteiger partial charge < -0.3 is 14.2 Å². The van der Waals surface area contributed by atoms with Crippen molar-refractivity contribution in [2.24, 2.45) is 23.3 Å². The summed E-state index contributed by atoms with van der Waals surface area (Å²) in [6.45, 7) is 4.56. The normalized spacial score (nSPS) is 14.7. The molecule has 1 aliphatic carbocycles. The summed E-state index contributed by atoms with van der Waals surface area (Å²) in [5.41, 5.74) is 0.824. The van der Waals surface area contributed by atoms with Crippen LogP contribution < -0.4 is 0 Å². The number of rotatable bonds is 10. The van der Waals surface area contributed by atoms with Crippen LogP contribution in [0.3, 0.4) is 0 Å². The lowest BCUT2D eigenvalue weighted by Crippen LogP contribution is -2.27. The molecule has 0 bridgehead atoms. The first-order chi connectivity index (χ1) is 20.1. The number of hydrogen-bond acceptors (Lipinski definition) is 10. The number of hydrogen-bond donors (Lipinski definition) is 0. The molecule has 0 aliphatic heterocycles. The zero-order chi connectivity index (χ0) is 30.6. The molecule has 42 heavy (non-hydrogen) atoms. The van der Waals surface area contributed by atoms with Crippen molar-refractivity contribution >= 4 is 62.4 Å². The van der Waals surface area contributed by atoms with Gasteiger partial charge in [0.15, 0.2) is 0 Å². The Morgan fingerprint density at radius 1 is 0.905 bits per heavy atom. The molecule has 1 heterocycles. The average Bonchev–Trinajstić information content (AvgIpc) is 3.29. The summed E-state index contributed by atoms with van der Waals surface area (Å²) in [6.07, 6.45) is 4.59. The van der Waals surface area contributed by atoms with Gasteiger partial charge >= 0.3 is 11.9 Å². The van der Waals surface area contributed by atoms with Gasteiger partial charge in [-0.25, -0.2) is 9.59 Å². The number of non-ortho nitro benzene ring substituents is 1. The van der Waals surface area contributed by atoms with Gasteiger partial charge in [0.25, 0.3) is 5.69 Å². The predicted octanol–water partition coefficient (Wildman–Crippen LogP) is 5.82. The van der Waals surface area contributed by atoms with E-state index in [-0.39, 0.29) is 52.5 Å². The van der Waals surface area contributed by atoms with Crippen molar-refractivity contribution in [1.82, 2.24) is 4.57 Å². The largest absolute Gasteiger partial charge is 0.338 e. The molecule has 0 amide bonds. The number of carbonyl (C=O) groups excluding carboxylic acids is 4. The molecule has 3 aromatic rings. The molecule has 0 atom stereocenters. The molecule has 12 heteroatoms. The summed E-state index contributed by atoms with van der Waals surface area (Å²) < 4.78 is 1.63. The van der Waals surface area contributed by atoms with Crippen LogP contribution in [0.2, 0.25) is 0 Å². The molecule has 220 valence electrons. The predicted molar refractivity (Wildman–Crippen MR) is 156 cm³/mol. The highest BCUT2D eigenvalue weighted by atomic mass is 16.7. The van der Waals surface area contributed by atoms with Gasteiger partial charge in [-0.15, -0.1) is 0 Å². The minimum atomic E-state index is -0.655. The van der Waals surface area contributed by atoms with E-state index in [4.69, 9.17) is 9.68 Å². The number of ketones is 2. The highest BCUT2D eigenvalue weighted by molar-refractivity contribution is 6.47. The van der Waals surface area contributed by atoms with Crippen LogP contribution in [0.25, 0.3) is 21.8 Å². The Hall–Kier alpha value is -4.74.